The highest BCUT2D eigenvalue weighted by Gasteiger charge is 2.32. The number of likely N-dealkylation sites (N-methyl/N-ethyl adjacent to an activating group) is 1. The summed E-state index contributed by atoms with van der Waals surface area (Å²) >= 11 is 0. The van der Waals surface area contributed by atoms with Crippen LogP contribution in [0.1, 0.15) is 16.8 Å². The van der Waals surface area contributed by atoms with Gasteiger partial charge in [0.05, 0.1) is 18.4 Å². The molecule has 0 spiro atoms. The van der Waals surface area contributed by atoms with Gasteiger partial charge in [-0.2, -0.15) is 0 Å². The molecule has 1 aromatic rings. The Hall–Kier alpha value is -2.44. The van der Waals surface area contributed by atoms with Crippen LogP contribution in [-0.2, 0) is 4.79 Å². The lowest BCUT2D eigenvalue weighted by Crippen LogP contribution is -2.29. The number of methoxy groups -OCH3 is 1. The van der Waals surface area contributed by atoms with Crippen molar-refractivity contribution in [3.8, 4) is 11.5 Å². The van der Waals surface area contributed by atoms with E-state index in [1.807, 2.05) is 0 Å². The molecule has 0 radical (unpaired) electrons. The minimum absolute atomic E-state index is 0.0802. The third kappa shape index (κ3) is 2.47. The fourth-order valence-corrected chi connectivity index (χ4v) is 2.07. The Bertz CT molecular complexity index is 558. The van der Waals surface area contributed by atoms with E-state index < -0.39 is 12.1 Å². The normalized spacial score (nSPS) is 18.2. The van der Waals surface area contributed by atoms with Crippen molar-refractivity contribution in [2.75, 3.05) is 26.4 Å². The molecule has 108 valence electrons. The molecule has 1 atom stereocenters. The van der Waals surface area contributed by atoms with Crippen LogP contribution >= 0.6 is 0 Å². The summed E-state index contributed by atoms with van der Waals surface area (Å²) in [4.78, 5) is 24.5. The molecular weight excluding hydrogens is 264 g/mol. The Morgan fingerprint density at radius 3 is 2.65 bits per heavy atom. The zero-order valence-corrected chi connectivity index (χ0v) is 11.3. The number of anilines is 1. The van der Waals surface area contributed by atoms with Crippen LogP contribution in [0.5, 0.6) is 11.5 Å². The monoisotopic (exact) mass is 280 g/mol. The van der Waals surface area contributed by atoms with Gasteiger partial charge in [0.2, 0.25) is 0 Å². The number of ether oxygens (including phenoxy) is 2. The molecule has 1 saturated heterocycles. The molecule has 2 rings (SSSR count). The number of likely N-dealkylation sites (tertiary alicyclic amines) is 1. The number of carbonyl (C=O) groups excluding carboxylic acids is 1. The molecule has 7 heteroatoms. The van der Waals surface area contributed by atoms with Gasteiger partial charge in [-0.05, 0) is 0 Å². The van der Waals surface area contributed by atoms with Crippen molar-refractivity contribution >= 4 is 17.6 Å². The number of nitrogen functional groups attached to an aromatic ring is 1. The summed E-state index contributed by atoms with van der Waals surface area (Å²) in [6, 6.07) is 2.66. The highest BCUT2D eigenvalue weighted by Crippen LogP contribution is 2.34. The standard InChI is InChI=1S/C13H16N2O5/c1-15-4-3-9(12(15)16)20-11-5-7(13(17)18)8(14)6-10(11)19-2/h5-6,9H,3-4,14H2,1-2H3,(H,17,18). The predicted molar refractivity (Wildman–Crippen MR) is 71.0 cm³/mol. The summed E-state index contributed by atoms with van der Waals surface area (Å²) < 4.78 is 10.7. The van der Waals surface area contributed by atoms with Crippen molar-refractivity contribution < 1.29 is 24.2 Å². The van der Waals surface area contributed by atoms with Crippen LogP contribution in [0.15, 0.2) is 12.1 Å². The number of carboxylic acids is 1. The van der Waals surface area contributed by atoms with Gasteiger partial charge in [0.1, 0.15) is 0 Å². The molecule has 1 unspecified atom stereocenters. The first kappa shape index (κ1) is 14.0. The van der Waals surface area contributed by atoms with Gasteiger partial charge >= 0.3 is 5.97 Å². The van der Waals surface area contributed by atoms with Crippen molar-refractivity contribution in [2.45, 2.75) is 12.5 Å². The Labute approximate surface area is 115 Å². The Balaban J connectivity index is 2.32. The van der Waals surface area contributed by atoms with E-state index in [9.17, 15) is 9.59 Å². The summed E-state index contributed by atoms with van der Waals surface area (Å²) in [6.45, 7) is 0.604. The molecule has 0 saturated carbocycles. The van der Waals surface area contributed by atoms with Crippen molar-refractivity contribution in [2.24, 2.45) is 0 Å². The number of hydrogen-bond acceptors (Lipinski definition) is 5. The summed E-state index contributed by atoms with van der Waals surface area (Å²) in [5.41, 5.74) is 5.63. The number of rotatable bonds is 4. The first-order valence-corrected chi connectivity index (χ1v) is 6.06. The van der Waals surface area contributed by atoms with Crippen LogP contribution in [0.2, 0.25) is 0 Å². The van der Waals surface area contributed by atoms with Gasteiger partial charge in [-0.1, -0.05) is 0 Å². The number of hydrogen-bond donors (Lipinski definition) is 2. The molecule has 1 aromatic carbocycles. The quantitative estimate of drug-likeness (QED) is 0.782. The summed E-state index contributed by atoms with van der Waals surface area (Å²) in [6.07, 6.45) is -0.0789. The van der Waals surface area contributed by atoms with Crippen molar-refractivity contribution in [3.63, 3.8) is 0 Å². The van der Waals surface area contributed by atoms with Gasteiger partial charge in [0.25, 0.3) is 5.91 Å². The molecule has 3 N–H and O–H groups in total. The van der Waals surface area contributed by atoms with E-state index in [0.29, 0.717) is 18.7 Å². The second kappa shape index (κ2) is 5.28. The van der Waals surface area contributed by atoms with Crippen LogP contribution in [0.3, 0.4) is 0 Å². The van der Waals surface area contributed by atoms with E-state index in [-0.39, 0.29) is 22.9 Å². The topological polar surface area (TPSA) is 102 Å². The summed E-state index contributed by atoms with van der Waals surface area (Å²) in [7, 11) is 3.11. The zero-order chi connectivity index (χ0) is 14.9. The Morgan fingerprint density at radius 1 is 1.45 bits per heavy atom. The zero-order valence-electron chi connectivity index (χ0n) is 11.3. The number of aromatic carboxylic acids is 1. The fraction of sp³-hybridized carbons (Fsp3) is 0.385. The van der Waals surface area contributed by atoms with Gasteiger partial charge < -0.3 is 25.2 Å². The van der Waals surface area contributed by atoms with E-state index in [0.717, 1.165) is 0 Å². The SMILES string of the molecule is COc1cc(N)c(C(=O)O)cc1OC1CCN(C)C1=O. The smallest absolute Gasteiger partial charge is 0.337 e. The minimum Gasteiger partial charge on any atom is -0.493 e. The van der Waals surface area contributed by atoms with Gasteiger partial charge in [-0.15, -0.1) is 0 Å². The van der Waals surface area contributed by atoms with Gasteiger partial charge in [-0.3, -0.25) is 4.79 Å². The maximum Gasteiger partial charge on any atom is 0.337 e. The lowest BCUT2D eigenvalue weighted by molar-refractivity contribution is -0.132. The number of nitrogens with two attached hydrogens (primary N) is 1. The highest BCUT2D eigenvalue weighted by atomic mass is 16.5. The van der Waals surface area contributed by atoms with E-state index in [1.165, 1.54) is 19.2 Å². The van der Waals surface area contributed by atoms with Crippen LogP contribution in [-0.4, -0.2) is 48.7 Å². The molecule has 0 bridgehead atoms. The molecule has 0 aromatic heterocycles. The van der Waals surface area contributed by atoms with E-state index in [4.69, 9.17) is 20.3 Å². The molecule has 0 aliphatic carbocycles. The molecular formula is C13H16N2O5. The number of benzene rings is 1. The number of amides is 1. The maximum atomic E-state index is 11.8. The lowest BCUT2D eigenvalue weighted by atomic mass is 10.1. The molecule has 1 fully saturated rings. The summed E-state index contributed by atoms with van der Waals surface area (Å²) in [5.74, 6) is -0.798. The molecule has 20 heavy (non-hydrogen) atoms. The van der Waals surface area contributed by atoms with Crippen molar-refractivity contribution in [3.05, 3.63) is 17.7 Å². The lowest BCUT2D eigenvalue weighted by Gasteiger charge is -2.16. The second-order valence-corrected chi connectivity index (χ2v) is 4.55. The second-order valence-electron chi connectivity index (χ2n) is 4.55. The third-order valence-electron chi connectivity index (χ3n) is 3.21. The molecule has 1 aliphatic heterocycles. The third-order valence-corrected chi connectivity index (χ3v) is 3.21. The number of carbonyl (C=O) groups is 2. The molecule has 7 nitrogen and oxygen atoms in total. The molecule has 1 heterocycles. The molecule has 1 amide bonds. The fourth-order valence-electron chi connectivity index (χ4n) is 2.07. The van der Waals surface area contributed by atoms with Crippen molar-refractivity contribution in [1.82, 2.24) is 4.90 Å². The Morgan fingerprint density at radius 2 is 2.15 bits per heavy atom. The maximum absolute atomic E-state index is 11.8. The van der Waals surface area contributed by atoms with Gasteiger partial charge in [-0.25, -0.2) is 4.79 Å². The van der Waals surface area contributed by atoms with Crippen LogP contribution in [0.25, 0.3) is 0 Å². The van der Waals surface area contributed by atoms with Crippen LogP contribution in [0, 0.1) is 0 Å². The number of nitrogens with zero attached hydrogens (tertiary/aromatic N) is 1. The predicted octanol–water partition coefficient (Wildman–Crippen LogP) is 0.585. The van der Waals surface area contributed by atoms with E-state index in [2.05, 4.69) is 0 Å². The van der Waals surface area contributed by atoms with E-state index >= 15 is 0 Å². The van der Waals surface area contributed by atoms with E-state index in [1.54, 1.807) is 11.9 Å². The first-order chi connectivity index (χ1) is 9.43. The van der Waals surface area contributed by atoms with Crippen molar-refractivity contribution in [1.29, 1.82) is 0 Å². The van der Waals surface area contributed by atoms with Crippen LogP contribution < -0.4 is 15.2 Å². The highest BCUT2D eigenvalue weighted by molar-refractivity contribution is 5.94. The Kier molecular flexibility index (Phi) is 3.69. The average Bonchev–Trinajstić information content (AvgIpc) is 2.71. The van der Waals surface area contributed by atoms with Gasteiger partial charge in [0.15, 0.2) is 17.6 Å². The first-order valence-electron chi connectivity index (χ1n) is 6.06. The van der Waals surface area contributed by atoms with Crippen LogP contribution in [0.4, 0.5) is 5.69 Å². The largest absolute Gasteiger partial charge is 0.493 e. The number of carboxylic acid groups (broad SMARTS) is 1. The summed E-state index contributed by atoms with van der Waals surface area (Å²) in [5, 5.41) is 9.06. The minimum atomic E-state index is -1.16. The van der Waals surface area contributed by atoms with Gasteiger partial charge in [0, 0.05) is 32.1 Å². The average molecular weight is 280 g/mol. The molecule has 1 aliphatic rings.